The standard InChI is InChI=1S/C27H32N6/c1-19(32-27(28-2)22-9-8-20-10-15-30-17-23(20)16-22)25-18-31-33(24-6-4-3-5-7-24)26(25)21-11-13-29-14-12-21/h8-9,11-14,16,18,24,30H,3-7,10,15,17H2,1-2H3. The third-order valence-electron chi connectivity index (χ3n) is 6.90. The van der Waals surface area contributed by atoms with Gasteiger partial charge in [-0.3, -0.25) is 14.7 Å². The van der Waals surface area contributed by atoms with E-state index in [9.17, 15) is 0 Å². The summed E-state index contributed by atoms with van der Waals surface area (Å²) in [7, 11) is 1.82. The maximum atomic E-state index is 5.01. The second-order valence-corrected chi connectivity index (χ2v) is 9.03. The van der Waals surface area contributed by atoms with Crippen LogP contribution in [0.3, 0.4) is 0 Å². The van der Waals surface area contributed by atoms with Crippen molar-refractivity contribution < 1.29 is 0 Å². The Kier molecular flexibility index (Phi) is 6.44. The van der Waals surface area contributed by atoms with Crippen LogP contribution >= 0.6 is 0 Å². The number of nitrogens with zero attached hydrogens (tertiary/aromatic N) is 5. The summed E-state index contributed by atoms with van der Waals surface area (Å²) in [6, 6.07) is 11.2. The fourth-order valence-electron chi connectivity index (χ4n) is 5.11. The molecule has 1 fully saturated rings. The van der Waals surface area contributed by atoms with E-state index in [-0.39, 0.29) is 0 Å². The zero-order chi connectivity index (χ0) is 22.6. The van der Waals surface area contributed by atoms with Crippen molar-refractivity contribution in [2.45, 2.75) is 58.0 Å². The molecule has 3 aromatic rings. The number of pyridine rings is 1. The van der Waals surface area contributed by atoms with Crippen molar-refractivity contribution in [3.63, 3.8) is 0 Å². The SMILES string of the molecule is CN=C(N=C(C)c1cnn(C2CCCCC2)c1-c1ccncc1)c1ccc2c(c1)CNCC2. The minimum absolute atomic E-state index is 0.441. The number of benzene rings is 1. The van der Waals surface area contributed by atoms with Crippen LogP contribution in [-0.4, -0.2) is 39.9 Å². The molecule has 3 heterocycles. The van der Waals surface area contributed by atoms with E-state index in [1.54, 1.807) is 0 Å². The summed E-state index contributed by atoms with van der Waals surface area (Å²) >= 11 is 0. The van der Waals surface area contributed by atoms with Crippen LogP contribution in [0.15, 0.2) is 58.9 Å². The van der Waals surface area contributed by atoms with Crippen molar-refractivity contribution in [2.24, 2.45) is 9.98 Å². The lowest BCUT2D eigenvalue weighted by Gasteiger charge is -2.24. The van der Waals surface area contributed by atoms with Gasteiger partial charge in [-0.15, -0.1) is 0 Å². The lowest BCUT2D eigenvalue weighted by molar-refractivity contribution is 0.332. The molecular weight excluding hydrogens is 408 g/mol. The highest BCUT2D eigenvalue weighted by molar-refractivity contribution is 6.13. The maximum absolute atomic E-state index is 5.01. The molecule has 1 saturated carbocycles. The molecule has 5 rings (SSSR count). The Hall–Kier alpha value is -3.12. The van der Waals surface area contributed by atoms with Crippen molar-refractivity contribution in [1.29, 1.82) is 0 Å². The first kappa shape index (κ1) is 21.7. The summed E-state index contributed by atoms with van der Waals surface area (Å²) in [5.41, 5.74) is 8.08. The van der Waals surface area contributed by atoms with Gasteiger partial charge in [0.25, 0.3) is 0 Å². The van der Waals surface area contributed by atoms with Gasteiger partial charge in [-0.25, -0.2) is 4.99 Å². The lowest BCUT2D eigenvalue weighted by atomic mass is 9.95. The number of rotatable bonds is 4. The first-order valence-electron chi connectivity index (χ1n) is 12.1. The second kappa shape index (κ2) is 9.79. The Morgan fingerprint density at radius 1 is 1.06 bits per heavy atom. The number of nitrogens with one attached hydrogen (secondary N) is 1. The van der Waals surface area contributed by atoms with Crippen LogP contribution in [-0.2, 0) is 13.0 Å². The molecule has 6 heteroatoms. The average molecular weight is 441 g/mol. The molecule has 2 aliphatic rings. The molecule has 0 unspecified atom stereocenters. The molecule has 2 aromatic heterocycles. The largest absolute Gasteiger partial charge is 0.312 e. The minimum atomic E-state index is 0.441. The molecule has 1 aliphatic heterocycles. The molecular formula is C27H32N6. The van der Waals surface area contributed by atoms with E-state index < -0.39 is 0 Å². The van der Waals surface area contributed by atoms with Crippen LogP contribution in [0.2, 0.25) is 0 Å². The van der Waals surface area contributed by atoms with Gasteiger partial charge in [-0.1, -0.05) is 31.4 Å². The van der Waals surface area contributed by atoms with Gasteiger partial charge in [0, 0.05) is 42.7 Å². The van der Waals surface area contributed by atoms with Crippen LogP contribution in [0.1, 0.15) is 67.3 Å². The van der Waals surface area contributed by atoms with Crippen molar-refractivity contribution in [2.75, 3.05) is 13.6 Å². The highest BCUT2D eigenvalue weighted by atomic mass is 15.3. The normalized spacial score (nSPS) is 17.8. The number of hydrogen-bond acceptors (Lipinski definition) is 4. The molecule has 0 atom stereocenters. The smallest absolute Gasteiger partial charge is 0.154 e. The number of aliphatic imine (C=N–C) groups is 2. The summed E-state index contributed by atoms with van der Waals surface area (Å²) in [5, 5.41) is 8.33. The van der Waals surface area contributed by atoms with Crippen LogP contribution in [0, 0.1) is 0 Å². The van der Waals surface area contributed by atoms with Gasteiger partial charge in [-0.2, -0.15) is 5.10 Å². The van der Waals surface area contributed by atoms with Crippen molar-refractivity contribution in [3.8, 4) is 11.3 Å². The van der Waals surface area contributed by atoms with Gasteiger partial charge < -0.3 is 5.32 Å². The quantitative estimate of drug-likeness (QED) is 0.459. The Morgan fingerprint density at radius 3 is 2.67 bits per heavy atom. The van der Waals surface area contributed by atoms with Gasteiger partial charge in [-0.05, 0) is 62.1 Å². The monoisotopic (exact) mass is 440 g/mol. The second-order valence-electron chi connectivity index (χ2n) is 9.03. The third kappa shape index (κ3) is 4.53. The summed E-state index contributed by atoms with van der Waals surface area (Å²) in [6.07, 6.45) is 13.0. The molecule has 0 saturated heterocycles. The van der Waals surface area contributed by atoms with Gasteiger partial charge in [0.2, 0.25) is 0 Å². The first-order chi connectivity index (χ1) is 16.2. The van der Waals surface area contributed by atoms with E-state index in [1.807, 2.05) is 25.6 Å². The van der Waals surface area contributed by atoms with E-state index in [1.165, 1.54) is 43.2 Å². The number of hydrogen-bond donors (Lipinski definition) is 1. The average Bonchev–Trinajstić information content (AvgIpc) is 3.33. The molecule has 170 valence electrons. The van der Waals surface area contributed by atoms with E-state index in [0.29, 0.717) is 6.04 Å². The maximum Gasteiger partial charge on any atom is 0.154 e. The summed E-state index contributed by atoms with van der Waals surface area (Å²) in [6.45, 7) is 4.02. The molecule has 1 aromatic carbocycles. The van der Waals surface area contributed by atoms with Crippen molar-refractivity contribution in [3.05, 3.63) is 71.2 Å². The van der Waals surface area contributed by atoms with Gasteiger partial charge in [0.15, 0.2) is 5.84 Å². The summed E-state index contributed by atoms with van der Waals surface area (Å²) in [4.78, 5) is 13.8. The highest BCUT2D eigenvalue weighted by Crippen LogP contribution is 2.34. The molecule has 1 aliphatic carbocycles. The Balaban J connectivity index is 1.53. The molecule has 1 N–H and O–H groups in total. The third-order valence-corrected chi connectivity index (χ3v) is 6.90. The fraction of sp³-hybridized carbons (Fsp3) is 0.407. The predicted octanol–water partition coefficient (Wildman–Crippen LogP) is 4.98. The topological polar surface area (TPSA) is 67.5 Å². The number of aromatic nitrogens is 3. The molecule has 0 radical (unpaired) electrons. The molecule has 0 amide bonds. The highest BCUT2D eigenvalue weighted by Gasteiger charge is 2.23. The van der Waals surface area contributed by atoms with Gasteiger partial charge >= 0.3 is 0 Å². The lowest BCUT2D eigenvalue weighted by Crippen LogP contribution is -2.23. The van der Waals surface area contributed by atoms with E-state index in [4.69, 9.17) is 10.1 Å². The van der Waals surface area contributed by atoms with Crippen LogP contribution < -0.4 is 5.32 Å². The summed E-state index contributed by atoms with van der Waals surface area (Å²) in [5.74, 6) is 0.756. The van der Waals surface area contributed by atoms with Crippen LogP contribution in [0.25, 0.3) is 11.3 Å². The van der Waals surface area contributed by atoms with Crippen LogP contribution in [0.4, 0.5) is 0 Å². The zero-order valence-electron chi connectivity index (χ0n) is 19.6. The Labute approximate surface area is 195 Å². The Morgan fingerprint density at radius 2 is 1.88 bits per heavy atom. The van der Waals surface area contributed by atoms with E-state index >= 15 is 0 Å². The van der Waals surface area contributed by atoms with E-state index in [0.717, 1.165) is 53.4 Å². The fourth-order valence-corrected chi connectivity index (χ4v) is 5.11. The number of fused-ring (bicyclic) bond motifs is 1. The van der Waals surface area contributed by atoms with Crippen molar-refractivity contribution in [1.82, 2.24) is 20.1 Å². The molecule has 33 heavy (non-hydrogen) atoms. The molecule has 6 nitrogen and oxygen atoms in total. The number of amidine groups is 1. The molecule has 0 spiro atoms. The minimum Gasteiger partial charge on any atom is -0.312 e. The Bertz CT molecular complexity index is 1170. The predicted molar refractivity (Wildman–Crippen MR) is 134 cm³/mol. The van der Waals surface area contributed by atoms with Gasteiger partial charge in [0.1, 0.15) is 0 Å². The first-order valence-corrected chi connectivity index (χ1v) is 12.1. The van der Waals surface area contributed by atoms with Crippen LogP contribution in [0.5, 0.6) is 0 Å². The zero-order valence-corrected chi connectivity index (χ0v) is 19.6. The van der Waals surface area contributed by atoms with E-state index in [2.05, 4.69) is 57.2 Å². The van der Waals surface area contributed by atoms with Gasteiger partial charge in [0.05, 0.1) is 23.6 Å². The molecule has 0 bridgehead atoms. The van der Waals surface area contributed by atoms with Crippen molar-refractivity contribution >= 4 is 11.5 Å². The summed E-state index contributed by atoms with van der Waals surface area (Å²) < 4.78 is 2.23.